The number of primary amides is 1. The molecule has 334 valence electrons. The number of aryl methyl sites for hydroxylation is 2. The number of nitrogens with two attached hydrogens (primary N) is 1. The van der Waals surface area contributed by atoms with E-state index >= 15 is 0 Å². The lowest BCUT2D eigenvalue weighted by Crippen LogP contribution is -2.61. The summed E-state index contributed by atoms with van der Waals surface area (Å²) in [5.41, 5.74) is 7.25. The smallest absolute Gasteiger partial charge is 0.394 e. The quantitative estimate of drug-likeness (QED) is 0.0486. The molecular formula is C40H63N8O11P. The maximum Gasteiger partial charge on any atom is 0.469 e. The average Bonchev–Trinajstić information content (AvgIpc) is 3.86. The third kappa shape index (κ3) is 16.8. The van der Waals surface area contributed by atoms with Gasteiger partial charge in [0.25, 0.3) is 0 Å². The van der Waals surface area contributed by atoms with Gasteiger partial charge in [0.05, 0.1) is 19.0 Å². The van der Waals surface area contributed by atoms with E-state index in [-0.39, 0.29) is 24.7 Å². The van der Waals surface area contributed by atoms with Gasteiger partial charge in [0.2, 0.25) is 35.4 Å². The first-order valence-electron chi connectivity index (χ1n) is 20.6. The van der Waals surface area contributed by atoms with E-state index in [4.69, 9.17) is 5.73 Å². The largest absolute Gasteiger partial charge is 0.469 e. The number of imidazole rings is 1. The highest BCUT2D eigenvalue weighted by Gasteiger charge is 2.37. The second-order valence-corrected chi connectivity index (χ2v) is 16.9. The molecular weight excluding hydrogens is 799 g/mol. The van der Waals surface area contributed by atoms with E-state index in [2.05, 4.69) is 42.9 Å². The Morgan fingerprint density at radius 1 is 0.883 bits per heavy atom. The lowest BCUT2D eigenvalue weighted by Gasteiger charge is -2.28. The number of phosphoric acid groups is 1. The maximum atomic E-state index is 14.0. The number of likely N-dealkylation sites (tertiary alicyclic amines) is 1. The van der Waals surface area contributed by atoms with E-state index in [0.29, 0.717) is 31.6 Å². The molecule has 60 heavy (non-hydrogen) atoms. The lowest BCUT2D eigenvalue weighted by molar-refractivity contribution is -0.139. The maximum absolute atomic E-state index is 14.0. The van der Waals surface area contributed by atoms with E-state index in [1.165, 1.54) is 17.4 Å². The van der Waals surface area contributed by atoms with Crippen molar-refractivity contribution in [2.24, 2.45) is 11.7 Å². The van der Waals surface area contributed by atoms with Crippen LogP contribution in [0, 0.1) is 5.92 Å². The molecule has 6 amide bonds. The number of aromatic nitrogens is 2. The van der Waals surface area contributed by atoms with Gasteiger partial charge in [0.15, 0.2) is 0 Å². The van der Waals surface area contributed by atoms with Gasteiger partial charge in [0, 0.05) is 38.3 Å². The number of nitrogens with zero attached hydrogens (tertiary/aromatic N) is 3. The molecule has 0 saturated carbocycles. The number of aliphatic hydroxyl groups is 1. The van der Waals surface area contributed by atoms with Crippen LogP contribution < -0.4 is 27.0 Å². The average molecular weight is 863 g/mol. The Labute approximate surface area is 351 Å². The van der Waals surface area contributed by atoms with Crippen molar-refractivity contribution in [3.05, 3.63) is 54.1 Å². The van der Waals surface area contributed by atoms with Crippen molar-refractivity contribution in [1.82, 2.24) is 35.7 Å². The van der Waals surface area contributed by atoms with Crippen LogP contribution >= 0.6 is 7.82 Å². The minimum Gasteiger partial charge on any atom is -0.394 e. The van der Waals surface area contributed by atoms with Gasteiger partial charge in [-0.1, -0.05) is 69.9 Å². The molecule has 1 saturated heterocycles. The van der Waals surface area contributed by atoms with Crippen molar-refractivity contribution in [3.63, 3.8) is 0 Å². The van der Waals surface area contributed by atoms with Gasteiger partial charge in [-0.3, -0.25) is 33.3 Å². The van der Waals surface area contributed by atoms with Gasteiger partial charge in [-0.2, -0.15) is 0 Å². The first kappa shape index (κ1) is 49.7. The Hall–Kier alpha value is -4.68. The van der Waals surface area contributed by atoms with Gasteiger partial charge >= 0.3 is 7.82 Å². The normalized spacial score (nSPS) is 16.7. The fourth-order valence-electron chi connectivity index (χ4n) is 7.18. The van der Waals surface area contributed by atoms with E-state index in [9.17, 15) is 48.2 Å². The number of carbonyl (C=O) groups is 6. The predicted molar refractivity (Wildman–Crippen MR) is 220 cm³/mol. The Morgan fingerprint density at radius 3 is 2.12 bits per heavy atom. The number of rotatable bonds is 26. The summed E-state index contributed by atoms with van der Waals surface area (Å²) < 4.78 is 17.7. The molecule has 0 spiro atoms. The highest BCUT2D eigenvalue weighted by atomic mass is 31.2. The molecule has 1 aromatic heterocycles. The number of hydrogen-bond acceptors (Lipinski definition) is 10. The van der Waals surface area contributed by atoms with E-state index in [1.54, 1.807) is 12.5 Å². The van der Waals surface area contributed by atoms with Crippen molar-refractivity contribution in [3.8, 4) is 0 Å². The Bertz CT molecular complexity index is 1770. The molecule has 9 N–H and O–H groups in total. The highest BCUT2D eigenvalue weighted by Crippen LogP contribution is 2.38. The minimum atomic E-state index is -5.11. The zero-order valence-corrected chi connectivity index (χ0v) is 35.9. The predicted octanol–water partition coefficient (Wildman–Crippen LogP) is 0.981. The number of amides is 6. The van der Waals surface area contributed by atoms with Crippen LogP contribution in [0.3, 0.4) is 0 Å². The second-order valence-electron chi connectivity index (χ2n) is 15.7. The number of aliphatic hydroxyl groups excluding tert-OH is 1. The van der Waals surface area contributed by atoms with Crippen molar-refractivity contribution >= 4 is 43.3 Å². The molecule has 1 fully saturated rings. The van der Waals surface area contributed by atoms with Gasteiger partial charge in [-0.15, -0.1) is 0 Å². The van der Waals surface area contributed by atoms with Gasteiger partial charge in [-0.25, -0.2) is 9.55 Å². The minimum absolute atomic E-state index is 0.0799. The van der Waals surface area contributed by atoms with Crippen LogP contribution in [0.2, 0.25) is 0 Å². The summed E-state index contributed by atoms with van der Waals surface area (Å²) in [7, 11) is -5.11. The summed E-state index contributed by atoms with van der Waals surface area (Å²) in [5.74, 6) is -4.81. The van der Waals surface area contributed by atoms with Crippen molar-refractivity contribution in [2.75, 3.05) is 13.2 Å². The van der Waals surface area contributed by atoms with Crippen molar-refractivity contribution < 1.29 is 52.7 Å². The van der Waals surface area contributed by atoms with Crippen LogP contribution in [0.5, 0.6) is 0 Å². The third-order valence-electron chi connectivity index (χ3n) is 10.3. The number of carbonyl (C=O) groups excluding carboxylic acids is 6. The van der Waals surface area contributed by atoms with Gasteiger partial charge in [-0.05, 0) is 56.9 Å². The zero-order chi connectivity index (χ0) is 44.4. The Kier molecular flexibility index (Phi) is 20.3. The number of hydrogen-bond donors (Lipinski definition) is 8. The standard InChI is InChI=1S/C40H63N8O11P/c1-26(2)21-31(44-40(55)34-18-14-20-48(34)28(4)50)37(52)43-32(38(53)45-33(24-49)39(54)46-35(36(41)51)27(3)59-60(56,57)58)22-30-23-42-25-47(30)19-13-8-6-5-7-10-15-29-16-11-9-12-17-29/h9,11-12,16-17,23,25-27,31-35,49H,5-8,10,13-15,18-22,24H2,1-4H3,(H2,41,51)(H,43,52)(H,44,55)(H,45,53)(H,46,54)(H2,56,57,58)/t27-,31?,32+,33+,34+,35+/m1/s1. The van der Waals surface area contributed by atoms with Crippen molar-refractivity contribution in [2.45, 2.75) is 141 Å². The molecule has 0 aliphatic carbocycles. The Morgan fingerprint density at radius 2 is 1.50 bits per heavy atom. The molecule has 1 aliphatic heterocycles. The summed E-state index contributed by atoms with van der Waals surface area (Å²) in [6.45, 7) is 6.17. The van der Waals surface area contributed by atoms with Crippen LogP contribution in [0.25, 0.3) is 0 Å². The molecule has 3 rings (SSSR count). The molecule has 2 aromatic rings. The Balaban J connectivity index is 1.76. The van der Waals surface area contributed by atoms with Crippen LogP contribution in [-0.4, -0.2) is 114 Å². The van der Waals surface area contributed by atoms with Gasteiger partial charge in [0.1, 0.15) is 30.2 Å². The molecule has 20 heteroatoms. The highest BCUT2D eigenvalue weighted by molar-refractivity contribution is 7.46. The molecule has 0 radical (unpaired) electrons. The van der Waals surface area contributed by atoms with Crippen LogP contribution in [0.4, 0.5) is 0 Å². The topological polar surface area (TPSA) is 285 Å². The summed E-state index contributed by atoms with van der Waals surface area (Å²) >= 11 is 0. The SMILES string of the molecule is CC(=O)N1CCC[C@H]1C(=O)NC(CC(C)C)C(=O)N[C@@H](Cc1cncn1CCCCCCCCc1ccccc1)C(=O)N[C@@H](CO)C(=O)N[C@H](C(N)=O)[C@@H](C)OP(=O)(O)O. The molecule has 1 aromatic carbocycles. The van der Waals surface area contributed by atoms with E-state index in [0.717, 1.165) is 51.9 Å². The van der Waals surface area contributed by atoms with E-state index in [1.807, 2.05) is 36.6 Å². The van der Waals surface area contributed by atoms with Crippen LogP contribution in [0.15, 0.2) is 42.9 Å². The van der Waals surface area contributed by atoms with Crippen LogP contribution in [0.1, 0.15) is 96.7 Å². The summed E-state index contributed by atoms with van der Waals surface area (Å²) in [5, 5.41) is 20.2. The van der Waals surface area contributed by atoms with Crippen LogP contribution in [-0.2, 0) is 57.2 Å². The number of phosphoric ester groups is 1. The summed E-state index contributed by atoms with van der Waals surface area (Å²) in [6, 6.07) is 3.63. The fourth-order valence-corrected chi connectivity index (χ4v) is 7.73. The zero-order valence-electron chi connectivity index (χ0n) is 35.0. The summed E-state index contributed by atoms with van der Waals surface area (Å²) in [4.78, 5) is 103. The van der Waals surface area contributed by atoms with E-state index < -0.39 is 80.3 Å². The molecule has 0 bridgehead atoms. The van der Waals surface area contributed by atoms with Crippen molar-refractivity contribution in [1.29, 1.82) is 0 Å². The molecule has 19 nitrogen and oxygen atoms in total. The number of nitrogens with one attached hydrogen (secondary N) is 4. The monoisotopic (exact) mass is 862 g/mol. The molecule has 2 heterocycles. The molecule has 1 aliphatic rings. The number of benzene rings is 1. The second kappa shape index (κ2) is 24.5. The fraction of sp³-hybridized carbons (Fsp3) is 0.625. The first-order valence-corrected chi connectivity index (χ1v) is 22.1. The number of unbranched alkanes of at least 4 members (excludes halogenated alkanes) is 5. The third-order valence-corrected chi connectivity index (χ3v) is 10.9. The molecule has 1 unspecified atom stereocenters. The molecule has 6 atom stereocenters. The van der Waals surface area contributed by atoms with Gasteiger partial charge < -0.3 is 51.4 Å². The first-order chi connectivity index (χ1) is 28.4. The summed E-state index contributed by atoms with van der Waals surface area (Å²) in [6.07, 6.45) is 9.87. The lowest BCUT2D eigenvalue weighted by atomic mass is 10.0.